The van der Waals surface area contributed by atoms with Gasteiger partial charge >= 0.3 is 15.6 Å². The van der Waals surface area contributed by atoms with E-state index in [9.17, 15) is 28.3 Å². The lowest BCUT2D eigenvalue weighted by Gasteiger charge is -2.22. The minimum atomic E-state index is -4.90. The molecule has 0 heterocycles. The Hall–Kier alpha value is -1.06. The normalized spacial score (nSPS) is 12.0. The van der Waals surface area contributed by atoms with E-state index in [0.717, 1.165) is 77.0 Å². The van der Waals surface area contributed by atoms with Gasteiger partial charge < -0.3 is 0 Å². The van der Waals surface area contributed by atoms with Gasteiger partial charge in [-0.05, 0) is 25.7 Å². The van der Waals surface area contributed by atoms with Crippen molar-refractivity contribution >= 4 is 38.8 Å². The minimum Gasteiger partial charge on any atom is -0.297 e. The maximum atomic E-state index is 13.7. The van der Waals surface area contributed by atoms with Crippen LogP contribution in [0.15, 0.2) is 0 Å². The second-order valence-corrected chi connectivity index (χ2v) is 14.9. The molecule has 0 N–H and O–H groups in total. The molecule has 0 saturated carbocycles. The summed E-state index contributed by atoms with van der Waals surface area (Å²) >= 11 is 0. The van der Waals surface area contributed by atoms with E-state index in [0.29, 0.717) is 25.7 Å². The van der Waals surface area contributed by atoms with Crippen LogP contribution in [0, 0.1) is 0 Å². The summed E-state index contributed by atoms with van der Waals surface area (Å²) in [6.45, 7) is 5.46. The summed E-state index contributed by atoms with van der Waals surface area (Å²) in [6, 6.07) is 0. The average Bonchev–Trinajstić information content (AvgIpc) is 3.02. The molecule has 0 saturated heterocycles. The summed E-state index contributed by atoms with van der Waals surface area (Å²) < 4.78 is 53.6. The molecule has 264 valence electrons. The largest absolute Gasteiger partial charge is 0.484 e. The zero-order valence-electron chi connectivity index (χ0n) is 28.4. The molecule has 0 aromatic heterocycles. The van der Waals surface area contributed by atoms with Crippen molar-refractivity contribution in [3.05, 3.63) is 0 Å². The molecular formula is C32H60O11P2. The van der Waals surface area contributed by atoms with Crippen LogP contribution in [0.5, 0.6) is 0 Å². The molecule has 13 heteroatoms. The third-order valence-electron chi connectivity index (χ3n) is 6.97. The first-order valence-electron chi connectivity index (χ1n) is 17.1. The van der Waals surface area contributed by atoms with Crippen molar-refractivity contribution in [2.45, 2.75) is 156 Å². The van der Waals surface area contributed by atoms with E-state index in [1.54, 1.807) is 0 Å². The second-order valence-electron chi connectivity index (χ2n) is 11.5. The Bertz CT molecular complexity index is 787. The predicted octanol–water partition coefficient (Wildman–Crippen LogP) is 9.44. The van der Waals surface area contributed by atoms with Gasteiger partial charge in [0.25, 0.3) is 0 Å². The molecule has 0 rings (SSSR count). The summed E-state index contributed by atoms with van der Waals surface area (Å²) in [5, 5.41) is 0. The maximum absolute atomic E-state index is 13.7. The molecule has 11 nitrogen and oxygen atoms in total. The van der Waals surface area contributed by atoms with Crippen LogP contribution in [-0.2, 0) is 50.7 Å². The monoisotopic (exact) mass is 682 g/mol. The van der Waals surface area contributed by atoms with Crippen LogP contribution in [0.2, 0.25) is 0 Å². The van der Waals surface area contributed by atoms with Gasteiger partial charge in [-0.1, -0.05) is 105 Å². The van der Waals surface area contributed by atoms with E-state index in [1.807, 2.05) is 27.7 Å². The van der Waals surface area contributed by atoms with Gasteiger partial charge in [0.2, 0.25) is 0 Å². The topological polar surface area (TPSA) is 149 Å². The van der Waals surface area contributed by atoms with Crippen molar-refractivity contribution in [2.75, 3.05) is 26.4 Å². The number of carbonyl (C=O) groups is 4. The van der Waals surface area contributed by atoms with Crippen LogP contribution < -0.4 is 0 Å². The van der Waals surface area contributed by atoms with Gasteiger partial charge in [0, 0.05) is 25.7 Å². The Labute approximate surface area is 271 Å². The van der Waals surface area contributed by atoms with Crippen molar-refractivity contribution < 1.29 is 50.7 Å². The summed E-state index contributed by atoms with van der Waals surface area (Å²) in [5.41, 5.74) is 0. The number of Topliss-reactive ketones (excluding diaryl/α,β-unsaturated/α-hetero) is 4. The number of phosphoric ester groups is 2. The second kappa shape index (κ2) is 28.0. The van der Waals surface area contributed by atoms with Gasteiger partial charge in [-0.3, -0.25) is 37.3 Å². The van der Waals surface area contributed by atoms with Gasteiger partial charge in [0.05, 0.1) is 0 Å². The lowest BCUT2D eigenvalue weighted by molar-refractivity contribution is -0.123. The van der Waals surface area contributed by atoms with Gasteiger partial charge in [-0.15, -0.1) is 0 Å². The number of ketones is 4. The number of hydrogen-bond donors (Lipinski definition) is 0. The highest BCUT2D eigenvalue weighted by molar-refractivity contribution is 7.62. The molecule has 0 bridgehead atoms. The summed E-state index contributed by atoms with van der Waals surface area (Å²) in [7, 11) is -9.79. The molecular weight excluding hydrogens is 622 g/mol. The summed E-state index contributed by atoms with van der Waals surface area (Å²) in [5.74, 6) is -1.53. The molecule has 0 radical (unpaired) electrons. The zero-order chi connectivity index (χ0) is 33.8. The lowest BCUT2D eigenvalue weighted by Crippen LogP contribution is -2.16. The molecule has 0 atom stereocenters. The molecule has 0 aliphatic carbocycles. The first-order chi connectivity index (χ1) is 21.5. The highest BCUT2D eigenvalue weighted by Crippen LogP contribution is 2.66. The van der Waals surface area contributed by atoms with Crippen LogP contribution in [0.25, 0.3) is 0 Å². The fraction of sp³-hybridized carbons (Fsp3) is 0.875. The summed E-state index contributed by atoms with van der Waals surface area (Å²) in [4.78, 5) is 49.8. The number of rotatable bonds is 34. The minimum absolute atomic E-state index is 0.167. The smallest absolute Gasteiger partial charge is 0.297 e. The molecule has 0 amide bonds. The fourth-order valence-corrected chi connectivity index (χ4v) is 7.27. The first kappa shape index (κ1) is 43.9. The Kier molecular flexibility index (Phi) is 27.3. The van der Waals surface area contributed by atoms with E-state index in [-0.39, 0.29) is 48.8 Å². The lowest BCUT2D eigenvalue weighted by atomic mass is 10.1. The number of carbonyl (C=O) groups excluding carboxylic acids is 4. The molecule has 0 unspecified atom stereocenters. The van der Waals surface area contributed by atoms with Crippen molar-refractivity contribution in [1.29, 1.82) is 0 Å². The van der Waals surface area contributed by atoms with Crippen molar-refractivity contribution in [3.8, 4) is 0 Å². The third-order valence-corrected chi connectivity index (χ3v) is 10.4. The van der Waals surface area contributed by atoms with E-state index < -0.39 is 42.1 Å². The third kappa shape index (κ3) is 25.7. The van der Waals surface area contributed by atoms with Gasteiger partial charge in [-0.2, -0.15) is 4.31 Å². The quantitative estimate of drug-likeness (QED) is 0.0472. The van der Waals surface area contributed by atoms with Crippen LogP contribution in [-0.4, -0.2) is 49.6 Å². The SMILES string of the molecule is CCCCCCC(=O)COP(=O)(OCC(=O)CCCCCC)OP(=O)(OCC(=O)CCCCCC)OCC(=O)CCCCCC. The fourth-order valence-electron chi connectivity index (χ4n) is 4.18. The number of unbranched alkanes of at least 4 members (excludes halogenated alkanes) is 12. The molecule has 0 aliphatic rings. The predicted molar refractivity (Wildman–Crippen MR) is 175 cm³/mol. The van der Waals surface area contributed by atoms with E-state index in [2.05, 4.69) is 0 Å². The Morgan fingerprint density at radius 1 is 0.378 bits per heavy atom. The van der Waals surface area contributed by atoms with Crippen LogP contribution in [0.4, 0.5) is 0 Å². The number of hydrogen-bond acceptors (Lipinski definition) is 11. The standard InChI is InChI=1S/C32H60O11P2/c1-5-9-13-17-21-29(33)25-39-44(37,40-26-30(34)22-18-14-10-6-2)43-45(38,41-27-31(35)23-19-15-11-7-3)42-28-32(36)24-20-16-12-8-4/h5-28H2,1-4H3. The number of phosphoric acid groups is 2. The van der Waals surface area contributed by atoms with Crippen molar-refractivity contribution in [1.82, 2.24) is 0 Å². The summed E-state index contributed by atoms with van der Waals surface area (Å²) in [6.07, 6.45) is 14.3. The van der Waals surface area contributed by atoms with E-state index in [4.69, 9.17) is 22.4 Å². The highest BCUT2D eigenvalue weighted by atomic mass is 31.3. The average molecular weight is 683 g/mol. The van der Waals surface area contributed by atoms with E-state index in [1.165, 1.54) is 0 Å². The van der Waals surface area contributed by atoms with Crippen molar-refractivity contribution in [3.63, 3.8) is 0 Å². The zero-order valence-corrected chi connectivity index (χ0v) is 30.1. The Balaban J connectivity index is 5.68. The molecule has 0 spiro atoms. The molecule has 0 aromatic rings. The Morgan fingerprint density at radius 2 is 0.600 bits per heavy atom. The van der Waals surface area contributed by atoms with E-state index >= 15 is 0 Å². The highest BCUT2D eigenvalue weighted by Gasteiger charge is 2.42. The molecule has 0 aromatic carbocycles. The van der Waals surface area contributed by atoms with Crippen LogP contribution in [0.3, 0.4) is 0 Å². The molecule has 0 fully saturated rings. The van der Waals surface area contributed by atoms with Gasteiger partial charge in [-0.25, -0.2) is 9.13 Å². The first-order valence-corrected chi connectivity index (χ1v) is 20.0. The van der Waals surface area contributed by atoms with Crippen LogP contribution in [0.1, 0.15) is 156 Å². The van der Waals surface area contributed by atoms with Crippen LogP contribution >= 0.6 is 15.6 Å². The van der Waals surface area contributed by atoms with Gasteiger partial charge in [0.15, 0.2) is 23.1 Å². The van der Waals surface area contributed by atoms with Gasteiger partial charge in [0.1, 0.15) is 26.4 Å². The Morgan fingerprint density at radius 3 is 0.800 bits per heavy atom. The molecule has 0 aliphatic heterocycles. The molecule has 45 heavy (non-hydrogen) atoms. The van der Waals surface area contributed by atoms with Crippen molar-refractivity contribution in [2.24, 2.45) is 0 Å². The maximum Gasteiger partial charge on any atom is 0.484 e.